The third-order valence-electron chi connectivity index (χ3n) is 1.86. The maximum atomic E-state index is 7.62. The molecule has 1 aliphatic rings. The van der Waals surface area contributed by atoms with Gasteiger partial charge in [0.2, 0.25) is 0 Å². The van der Waals surface area contributed by atoms with Crippen LogP contribution in [0.5, 0.6) is 0 Å². The lowest BCUT2D eigenvalue weighted by molar-refractivity contribution is 1.06. The summed E-state index contributed by atoms with van der Waals surface area (Å²) in [7, 11) is 0. The van der Waals surface area contributed by atoms with Gasteiger partial charge in [0.25, 0.3) is 0 Å². The lowest BCUT2D eigenvalue weighted by Gasteiger charge is -2.16. The van der Waals surface area contributed by atoms with Crippen molar-refractivity contribution in [1.82, 2.24) is 0 Å². The van der Waals surface area contributed by atoms with Gasteiger partial charge >= 0.3 is 0 Å². The fourth-order valence-electron chi connectivity index (χ4n) is 1.16. The van der Waals surface area contributed by atoms with E-state index in [1.165, 1.54) is 0 Å². The first-order valence-electron chi connectivity index (χ1n) is 3.88. The number of hydrogen-bond acceptors (Lipinski definition) is 3. The summed E-state index contributed by atoms with van der Waals surface area (Å²) in [6.07, 6.45) is 1.80. The average molecular weight is 170 g/mol. The first kappa shape index (κ1) is 8.65. The highest BCUT2D eigenvalue weighted by molar-refractivity contribution is 7.99. The molecule has 1 rings (SSSR count). The van der Waals surface area contributed by atoms with Crippen molar-refractivity contribution in [1.29, 1.82) is 5.41 Å². The topological polar surface area (TPSA) is 49.9 Å². The van der Waals surface area contributed by atoms with E-state index in [9.17, 15) is 0 Å². The van der Waals surface area contributed by atoms with Crippen LogP contribution in [-0.4, -0.2) is 17.2 Å². The fourth-order valence-corrected chi connectivity index (χ4v) is 2.05. The van der Waals surface area contributed by atoms with Crippen LogP contribution in [0.4, 0.5) is 0 Å². The molecule has 0 fully saturated rings. The monoisotopic (exact) mass is 170 g/mol. The van der Waals surface area contributed by atoms with Gasteiger partial charge in [0.15, 0.2) is 0 Å². The standard InChI is InChI=1S/C8H14N2S/c1-2-7(9)6-3-4-11-5-8(6)10/h9H,2-5,10H2,1H3. The lowest BCUT2D eigenvalue weighted by Crippen LogP contribution is -2.16. The van der Waals surface area contributed by atoms with Gasteiger partial charge in [-0.05, 0) is 24.2 Å². The van der Waals surface area contributed by atoms with Gasteiger partial charge in [-0.1, -0.05) is 6.92 Å². The predicted octanol–water partition coefficient (Wildman–Crippen LogP) is 1.77. The highest BCUT2D eigenvalue weighted by atomic mass is 32.2. The van der Waals surface area contributed by atoms with Crippen molar-refractivity contribution in [2.24, 2.45) is 5.73 Å². The van der Waals surface area contributed by atoms with E-state index in [1.807, 2.05) is 18.7 Å². The summed E-state index contributed by atoms with van der Waals surface area (Å²) in [6, 6.07) is 0. The van der Waals surface area contributed by atoms with Gasteiger partial charge in [-0.15, -0.1) is 0 Å². The molecule has 11 heavy (non-hydrogen) atoms. The van der Waals surface area contributed by atoms with Crippen LogP contribution in [0, 0.1) is 5.41 Å². The van der Waals surface area contributed by atoms with E-state index in [4.69, 9.17) is 11.1 Å². The van der Waals surface area contributed by atoms with E-state index in [-0.39, 0.29) is 0 Å². The summed E-state index contributed by atoms with van der Waals surface area (Å²) in [5.41, 5.74) is 8.53. The summed E-state index contributed by atoms with van der Waals surface area (Å²) in [5.74, 6) is 2.04. The first-order chi connectivity index (χ1) is 5.25. The third kappa shape index (κ3) is 1.99. The Hall–Kier alpha value is -0.440. The van der Waals surface area contributed by atoms with E-state index >= 15 is 0 Å². The van der Waals surface area contributed by atoms with Crippen molar-refractivity contribution in [3.63, 3.8) is 0 Å². The quantitative estimate of drug-likeness (QED) is 0.620. The molecule has 0 amide bonds. The summed E-state index contributed by atoms with van der Waals surface area (Å²) in [5, 5.41) is 7.62. The average Bonchev–Trinajstić information content (AvgIpc) is 2.04. The molecule has 0 aromatic heterocycles. The van der Waals surface area contributed by atoms with Crippen LogP contribution in [0.1, 0.15) is 19.8 Å². The molecule has 0 aliphatic carbocycles. The van der Waals surface area contributed by atoms with Gasteiger partial charge in [0.05, 0.1) is 0 Å². The van der Waals surface area contributed by atoms with E-state index in [2.05, 4.69) is 0 Å². The fraction of sp³-hybridized carbons (Fsp3) is 0.625. The van der Waals surface area contributed by atoms with Gasteiger partial charge < -0.3 is 11.1 Å². The minimum atomic E-state index is 0.725. The zero-order valence-corrected chi connectivity index (χ0v) is 7.63. The van der Waals surface area contributed by atoms with Crippen LogP contribution in [0.25, 0.3) is 0 Å². The molecule has 0 saturated heterocycles. The lowest BCUT2D eigenvalue weighted by atomic mass is 10.0. The zero-order valence-electron chi connectivity index (χ0n) is 6.81. The van der Waals surface area contributed by atoms with Crippen LogP contribution in [-0.2, 0) is 0 Å². The number of rotatable bonds is 2. The minimum absolute atomic E-state index is 0.725. The SMILES string of the molecule is CCC(=N)C1=C(N)CSCC1. The minimum Gasteiger partial charge on any atom is -0.401 e. The summed E-state index contributed by atoms with van der Waals surface area (Å²) in [4.78, 5) is 0. The van der Waals surface area contributed by atoms with Gasteiger partial charge in [-0.3, -0.25) is 0 Å². The largest absolute Gasteiger partial charge is 0.401 e. The molecule has 62 valence electrons. The zero-order chi connectivity index (χ0) is 8.27. The Labute approximate surface area is 71.7 Å². The van der Waals surface area contributed by atoms with Crippen molar-refractivity contribution in [3.05, 3.63) is 11.3 Å². The highest BCUT2D eigenvalue weighted by Crippen LogP contribution is 2.21. The van der Waals surface area contributed by atoms with Crippen molar-refractivity contribution in [3.8, 4) is 0 Å². The second-order valence-electron chi connectivity index (χ2n) is 2.64. The maximum Gasteiger partial charge on any atom is 0.0360 e. The van der Waals surface area contributed by atoms with Crippen molar-refractivity contribution >= 4 is 17.5 Å². The van der Waals surface area contributed by atoms with E-state index < -0.39 is 0 Å². The van der Waals surface area contributed by atoms with Crippen molar-refractivity contribution in [2.45, 2.75) is 19.8 Å². The Morgan fingerprint density at radius 1 is 1.73 bits per heavy atom. The highest BCUT2D eigenvalue weighted by Gasteiger charge is 2.12. The second kappa shape index (κ2) is 3.81. The molecule has 2 nitrogen and oxygen atoms in total. The number of nitrogens with one attached hydrogen (secondary N) is 1. The Bertz CT molecular complexity index is 196. The second-order valence-corrected chi connectivity index (χ2v) is 3.74. The first-order valence-corrected chi connectivity index (χ1v) is 5.04. The Balaban J connectivity index is 2.74. The molecule has 0 spiro atoms. The molecule has 0 aromatic rings. The molecule has 3 heteroatoms. The Kier molecular flexibility index (Phi) is 3.00. The summed E-state index contributed by atoms with van der Waals surface area (Å²) in [6.45, 7) is 2.00. The molecule has 0 aromatic carbocycles. The number of hydrogen-bond donors (Lipinski definition) is 2. The van der Waals surface area contributed by atoms with Gasteiger partial charge in [-0.2, -0.15) is 11.8 Å². The summed E-state index contributed by atoms with van der Waals surface area (Å²) >= 11 is 1.86. The normalized spacial score (nSPS) is 18.6. The van der Waals surface area contributed by atoms with Gasteiger partial charge in [0, 0.05) is 17.2 Å². The number of nitrogens with two attached hydrogens (primary N) is 1. The molecule has 1 heterocycles. The third-order valence-corrected chi connectivity index (χ3v) is 2.87. The molecule has 1 aliphatic heterocycles. The molecular formula is C8H14N2S. The van der Waals surface area contributed by atoms with Crippen LogP contribution in [0.2, 0.25) is 0 Å². The predicted molar refractivity (Wildman–Crippen MR) is 51.2 cm³/mol. The van der Waals surface area contributed by atoms with Crippen LogP contribution in [0.15, 0.2) is 11.3 Å². The van der Waals surface area contributed by atoms with Crippen LogP contribution >= 0.6 is 11.8 Å². The van der Waals surface area contributed by atoms with E-state index in [1.54, 1.807) is 0 Å². The van der Waals surface area contributed by atoms with Crippen LogP contribution in [0.3, 0.4) is 0 Å². The van der Waals surface area contributed by atoms with Crippen LogP contribution < -0.4 is 5.73 Å². The van der Waals surface area contributed by atoms with Gasteiger partial charge in [0.1, 0.15) is 0 Å². The van der Waals surface area contributed by atoms with E-state index in [0.717, 1.165) is 41.3 Å². The Morgan fingerprint density at radius 2 is 2.45 bits per heavy atom. The van der Waals surface area contributed by atoms with Gasteiger partial charge in [-0.25, -0.2) is 0 Å². The number of allylic oxidation sites excluding steroid dienone is 1. The smallest absolute Gasteiger partial charge is 0.0360 e. The molecule has 0 bridgehead atoms. The summed E-state index contributed by atoms with van der Waals surface area (Å²) < 4.78 is 0. The van der Waals surface area contributed by atoms with E-state index in [0.29, 0.717) is 0 Å². The molecule has 0 radical (unpaired) electrons. The maximum absolute atomic E-state index is 7.62. The van der Waals surface area contributed by atoms with Crippen molar-refractivity contribution < 1.29 is 0 Å². The molecule has 0 unspecified atom stereocenters. The molecule has 0 saturated carbocycles. The Morgan fingerprint density at radius 3 is 3.00 bits per heavy atom. The number of thioether (sulfide) groups is 1. The van der Waals surface area contributed by atoms with Crippen molar-refractivity contribution in [2.75, 3.05) is 11.5 Å². The molecule has 0 atom stereocenters. The molecular weight excluding hydrogens is 156 g/mol. The molecule has 3 N–H and O–H groups in total.